The van der Waals surface area contributed by atoms with E-state index in [2.05, 4.69) is 31.4 Å². The van der Waals surface area contributed by atoms with Gasteiger partial charge in [-0.2, -0.15) is 0 Å². The minimum absolute atomic E-state index is 0.0277. The third-order valence-corrected chi connectivity index (χ3v) is 3.42. The van der Waals surface area contributed by atoms with Crippen LogP contribution in [-0.2, 0) is 11.2 Å². The fourth-order valence-electron chi connectivity index (χ4n) is 2.26. The molecule has 0 fully saturated rings. The van der Waals surface area contributed by atoms with Gasteiger partial charge in [-0.05, 0) is 51.4 Å². The van der Waals surface area contributed by atoms with Gasteiger partial charge in [-0.1, -0.05) is 0 Å². The molecule has 0 aromatic heterocycles. The molecule has 0 heterocycles. The van der Waals surface area contributed by atoms with Crippen LogP contribution in [0.4, 0.5) is 0 Å². The molecule has 6 heteroatoms. The number of benzene rings is 1. The molecule has 0 unspecified atom stereocenters. The molecule has 1 rings (SSSR count). The molecule has 136 valence electrons. The first-order valence-electron chi connectivity index (χ1n) is 8.11. The lowest BCUT2D eigenvalue weighted by molar-refractivity contribution is -0.120. The van der Waals surface area contributed by atoms with Gasteiger partial charge in [0, 0.05) is 12.1 Å². The summed E-state index contributed by atoms with van der Waals surface area (Å²) in [4.78, 5) is 12.1. The molecule has 0 atom stereocenters. The summed E-state index contributed by atoms with van der Waals surface area (Å²) < 4.78 is 15.9. The van der Waals surface area contributed by atoms with Crippen molar-refractivity contribution >= 4 is 5.91 Å². The first-order chi connectivity index (χ1) is 11.3. The van der Waals surface area contributed by atoms with Crippen LogP contribution in [0.3, 0.4) is 0 Å². The predicted octanol–water partition coefficient (Wildman–Crippen LogP) is 2.15. The highest BCUT2D eigenvalue weighted by Crippen LogP contribution is 2.38. The van der Waals surface area contributed by atoms with E-state index in [9.17, 15) is 4.79 Å². The van der Waals surface area contributed by atoms with Crippen molar-refractivity contribution in [3.8, 4) is 17.2 Å². The van der Waals surface area contributed by atoms with Crippen LogP contribution in [0.2, 0.25) is 0 Å². The van der Waals surface area contributed by atoms with Crippen LogP contribution in [0.5, 0.6) is 17.2 Å². The van der Waals surface area contributed by atoms with E-state index in [1.165, 1.54) is 0 Å². The van der Waals surface area contributed by atoms with Crippen molar-refractivity contribution in [3.63, 3.8) is 0 Å². The summed E-state index contributed by atoms with van der Waals surface area (Å²) in [5.74, 6) is 1.60. The molecule has 6 nitrogen and oxygen atoms in total. The van der Waals surface area contributed by atoms with Gasteiger partial charge in [0.05, 0.1) is 27.8 Å². The van der Waals surface area contributed by atoms with Crippen LogP contribution in [0, 0.1) is 0 Å². The van der Waals surface area contributed by atoms with Crippen LogP contribution in [-0.4, -0.2) is 45.9 Å². The van der Waals surface area contributed by atoms with Crippen molar-refractivity contribution in [1.82, 2.24) is 10.6 Å². The first-order valence-corrected chi connectivity index (χ1v) is 8.11. The number of methoxy groups -OCH3 is 3. The predicted molar refractivity (Wildman–Crippen MR) is 95.2 cm³/mol. The van der Waals surface area contributed by atoms with Gasteiger partial charge in [0.2, 0.25) is 11.7 Å². The van der Waals surface area contributed by atoms with Crippen LogP contribution in [0.1, 0.15) is 32.8 Å². The number of hydrogen-bond donors (Lipinski definition) is 2. The summed E-state index contributed by atoms with van der Waals surface area (Å²) in [5.41, 5.74) is 0.912. The summed E-state index contributed by atoms with van der Waals surface area (Å²) in [6.45, 7) is 7.88. The summed E-state index contributed by atoms with van der Waals surface area (Å²) in [7, 11) is 4.67. The molecule has 0 aliphatic carbocycles. The van der Waals surface area contributed by atoms with Gasteiger partial charge >= 0.3 is 0 Å². The summed E-state index contributed by atoms with van der Waals surface area (Å²) >= 11 is 0. The lowest BCUT2D eigenvalue weighted by Crippen LogP contribution is -2.38. The standard InChI is InChI=1S/C18H30N2O4/c1-18(2,3)20-9-7-8-19-16(21)12-13-10-14(22-4)17(24-6)15(11-13)23-5/h10-11,20H,7-9,12H2,1-6H3,(H,19,21). The van der Waals surface area contributed by atoms with E-state index < -0.39 is 0 Å². The Labute approximate surface area is 144 Å². The van der Waals surface area contributed by atoms with Gasteiger partial charge < -0.3 is 24.8 Å². The minimum atomic E-state index is -0.0277. The third kappa shape index (κ3) is 6.66. The number of hydrogen-bond acceptors (Lipinski definition) is 5. The van der Waals surface area contributed by atoms with Crippen LogP contribution >= 0.6 is 0 Å². The average Bonchev–Trinajstić information content (AvgIpc) is 2.52. The van der Waals surface area contributed by atoms with Crippen molar-refractivity contribution in [2.24, 2.45) is 0 Å². The molecule has 0 aliphatic heterocycles. The first kappa shape index (κ1) is 20.1. The fourth-order valence-corrected chi connectivity index (χ4v) is 2.26. The number of carbonyl (C=O) groups excluding carboxylic acids is 1. The summed E-state index contributed by atoms with van der Waals surface area (Å²) in [6.07, 6.45) is 1.15. The second-order valence-corrected chi connectivity index (χ2v) is 6.59. The Kier molecular flexibility index (Phi) is 7.85. The molecule has 0 saturated carbocycles. The number of nitrogens with one attached hydrogen (secondary N) is 2. The highest BCUT2D eigenvalue weighted by molar-refractivity contribution is 5.79. The second-order valence-electron chi connectivity index (χ2n) is 6.59. The van der Waals surface area contributed by atoms with E-state index >= 15 is 0 Å². The van der Waals surface area contributed by atoms with Gasteiger partial charge in [0.15, 0.2) is 11.5 Å². The molecular formula is C18H30N2O4. The van der Waals surface area contributed by atoms with Gasteiger partial charge in [-0.3, -0.25) is 4.79 Å². The molecular weight excluding hydrogens is 308 g/mol. The molecule has 1 aromatic carbocycles. The van der Waals surface area contributed by atoms with E-state index in [4.69, 9.17) is 14.2 Å². The van der Waals surface area contributed by atoms with Crippen molar-refractivity contribution in [2.75, 3.05) is 34.4 Å². The summed E-state index contributed by atoms with van der Waals surface area (Å²) in [5, 5.41) is 6.32. The monoisotopic (exact) mass is 338 g/mol. The maximum atomic E-state index is 12.1. The number of ether oxygens (including phenoxy) is 3. The van der Waals surface area contributed by atoms with Crippen LogP contribution in [0.25, 0.3) is 0 Å². The maximum Gasteiger partial charge on any atom is 0.224 e. The zero-order valence-electron chi connectivity index (χ0n) is 15.6. The Morgan fingerprint density at radius 2 is 1.58 bits per heavy atom. The molecule has 2 N–H and O–H groups in total. The lowest BCUT2D eigenvalue weighted by atomic mass is 10.1. The highest BCUT2D eigenvalue weighted by Gasteiger charge is 2.15. The molecule has 0 bridgehead atoms. The van der Waals surface area contributed by atoms with Crippen molar-refractivity contribution in [1.29, 1.82) is 0 Å². The molecule has 0 saturated heterocycles. The molecule has 1 aromatic rings. The lowest BCUT2D eigenvalue weighted by Gasteiger charge is -2.20. The Hall–Kier alpha value is -1.95. The SMILES string of the molecule is COc1cc(CC(=O)NCCCNC(C)(C)C)cc(OC)c1OC. The topological polar surface area (TPSA) is 68.8 Å². The van der Waals surface area contributed by atoms with E-state index in [1.54, 1.807) is 33.5 Å². The van der Waals surface area contributed by atoms with Crippen molar-refractivity contribution in [3.05, 3.63) is 17.7 Å². The normalized spacial score (nSPS) is 11.1. The van der Waals surface area contributed by atoms with E-state index in [-0.39, 0.29) is 17.9 Å². The van der Waals surface area contributed by atoms with E-state index in [0.717, 1.165) is 18.5 Å². The van der Waals surface area contributed by atoms with E-state index in [0.29, 0.717) is 23.8 Å². The summed E-state index contributed by atoms with van der Waals surface area (Å²) in [6, 6.07) is 3.59. The fraction of sp³-hybridized carbons (Fsp3) is 0.611. The second kappa shape index (κ2) is 9.37. The third-order valence-electron chi connectivity index (χ3n) is 3.42. The number of rotatable bonds is 9. The Balaban J connectivity index is 2.55. The van der Waals surface area contributed by atoms with Crippen molar-refractivity contribution in [2.45, 2.75) is 39.2 Å². The van der Waals surface area contributed by atoms with Crippen LogP contribution < -0.4 is 24.8 Å². The van der Waals surface area contributed by atoms with Gasteiger partial charge in [0.1, 0.15) is 0 Å². The largest absolute Gasteiger partial charge is 0.493 e. The Bertz CT molecular complexity index is 513. The Morgan fingerprint density at radius 3 is 2.04 bits per heavy atom. The minimum Gasteiger partial charge on any atom is -0.493 e. The maximum absolute atomic E-state index is 12.1. The highest BCUT2D eigenvalue weighted by atomic mass is 16.5. The smallest absolute Gasteiger partial charge is 0.224 e. The van der Waals surface area contributed by atoms with Gasteiger partial charge in [0.25, 0.3) is 0 Å². The number of amides is 1. The van der Waals surface area contributed by atoms with Gasteiger partial charge in [-0.15, -0.1) is 0 Å². The van der Waals surface area contributed by atoms with Gasteiger partial charge in [-0.25, -0.2) is 0 Å². The molecule has 1 amide bonds. The number of carbonyl (C=O) groups is 1. The average molecular weight is 338 g/mol. The Morgan fingerprint density at radius 1 is 1.00 bits per heavy atom. The quantitative estimate of drug-likeness (QED) is 0.675. The molecule has 0 aliphatic rings. The molecule has 24 heavy (non-hydrogen) atoms. The molecule has 0 spiro atoms. The van der Waals surface area contributed by atoms with E-state index in [1.807, 2.05) is 0 Å². The zero-order valence-corrected chi connectivity index (χ0v) is 15.6. The molecule has 0 radical (unpaired) electrons. The van der Waals surface area contributed by atoms with Crippen LogP contribution in [0.15, 0.2) is 12.1 Å². The van der Waals surface area contributed by atoms with Crippen molar-refractivity contribution < 1.29 is 19.0 Å². The zero-order chi connectivity index (χ0) is 18.2.